The monoisotopic (exact) mass is 653 g/mol. The van der Waals surface area contributed by atoms with E-state index < -0.39 is 0 Å². The zero-order valence-electron chi connectivity index (χ0n) is 28.4. The number of benzene rings is 8. The maximum atomic E-state index is 6.71. The molecule has 0 fully saturated rings. The SMILES string of the molecule is CC1(C)c2cc3c(cc2-c2cc4ccc(N(c5ccccc5)c5cccc6ccccc56)cc4cc21)Oc1cccc2c1B3c1ccccc1O2. The van der Waals surface area contributed by atoms with Gasteiger partial charge in [0.1, 0.15) is 23.0 Å². The molecule has 0 aromatic heterocycles. The first kappa shape index (κ1) is 28.6. The highest BCUT2D eigenvalue weighted by atomic mass is 16.5. The van der Waals surface area contributed by atoms with Crippen LogP contribution in [0.15, 0.2) is 158 Å². The molecule has 0 unspecified atom stereocenters. The smallest absolute Gasteiger partial charge is 0.260 e. The molecule has 11 rings (SSSR count). The summed E-state index contributed by atoms with van der Waals surface area (Å²) in [7, 11) is 0. The number of rotatable bonds is 3. The van der Waals surface area contributed by atoms with Gasteiger partial charge in [-0.3, -0.25) is 0 Å². The van der Waals surface area contributed by atoms with Crippen LogP contribution in [-0.2, 0) is 5.41 Å². The van der Waals surface area contributed by atoms with E-state index in [1.54, 1.807) is 0 Å². The van der Waals surface area contributed by atoms with E-state index in [0.29, 0.717) is 0 Å². The summed E-state index contributed by atoms with van der Waals surface area (Å²) in [6.07, 6.45) is 0. The Morgan fingerprint density at radius 1 is 0.471 bits per heavy atom. The third-order valence-corrected chi connectivity index (χ3v) is 11.3. The van der Waals surface area contributed by atoms with Crippen LogP contribution in [0.1, 0.15) is 25.0 Å². The molecule has 0 saturated carbocycles. The van der Waals surface area contributed by atoms with Crippen LogP contribution in [0, 0.1) is 0 Å². The van der Waals surface area contributed by atoms with Crippen LogP contribution >= 0.6 is 0 Å². The van der Waals surface area contributed by atoms with Crippen molar-refractivity contribution in [2.45, 2.75) is 19.3 Å². The highest BCUT2D eigenvalue weighted by molar-refractivity contribution is 6.98. The number of hydrogen-bond donors (Lipinski definition) is 0. The predicted molar refractivity (Wildman–Crippen MR) is 211 cm³/mol. The van der Waals surface area contributed by atoms with Crippen molar-refractivity contribution < 1.29 is 9.47 Å². The van der Waals surface area contributed by atoms with E-state index in [1.807, 2.05) is 12.1 Å². The first-order valence-corrected chi connectivity index (χ1v) is 17.7. The molecule has 0 amide bonds. The molecular formula is C47H32BNO2. The molecule has 2 aliphatic heterocycles. The predicted octanol–water partition coefficient (Wildman–Crippen LogP) is 10.5. The lowest BCUT2D eigenvalue weighted by molar-refractivity contribution is 0.464. The van der Waals surface area contributed by atoms with Crippen LogP contribution < -0.4 is 30.8 Å². The number of nitrogens with zero attached hydrogens (tertiary/aromatic N) is 1. The second kappa shape index (κ2) is 10.4. The molecule has 51 heavy (non-hydrogen) atoms. The van der Waals surface area contributed by atoms with Gasteiger partial charge in [0, 0.05) is 27.6 Å². The minimum Gasteiger partial charge on any atom is -0.458 e. The summed E-state index contributed by atoms with van der Waals surface area (Å²) < 4.78 is 13.1. The molecule has 0 bridgehead atoms. The van der Waals surface area contributed by atoms with Crippen LogP contribution in [0.5, 0.6) is 23.0 Å². The largest absolute Gasteiger partial charge is 0.458 e. The highest BCUT2D eigenvalue weighted by Gasteiger charge is 2.43. The van der Waals surface area contributed by atoms with E-state index in [0.717, 1.165) is 45.5 Å². The molecule has 0 atom stereocenters. The lowest BCUT2D eigenvalue weighted by atomic mass is 9.34. The minimum atomic E-state index is -0.205. The van der Waals surface area contributed by atoms with Gasteiger partial charge in [-0.05, 0) is 116 Å². The molecule has 8 aromatic carbocycles. The van der Waals surface area contributed by atoms with Gasteiger partial charge in [0.05, 0.1) is 5.69 Å². The standard InChI is InChI=1S/C47H32BNO2/c1-47(2)37-26-31-24-33(49(32-14-4-3-5-15-32)41-18-10-13-29-12-6-7-16-34(29)41)23-22-30(31)25-35(37)36-27-45-40(28-38(36)47)48-39-17-8-9-19-42(39)50-43-20-11-21-44(51-45)46(43)48/h3-28H,1-2H3. The van der Waals surface area contributed by atoms with E-state index in [4.69, 9.17) is 9.47 Å². The van der Waals surface area contributed by atoms with Crippen molar-refractivity contribution in [3.05, 3.63) is 169 Å². The number of fused-ring (bicyclic) bond motifs is 9. The van der Waals surface area contributed by atoms with Crippen molar-refractivity contribution in [1.29, 1.82) is 0 Å². The van der Waals surface area contributed by atoms with Gasteiger partial charge in [0.15, 0.2) is 0 Å². The number of anilines is 3. The van der Waals surface area contributed by atoms with Gasteiger partial charge in [-0.1, -0.05) is 105 Å². The molecule has 0 N–H and O–H groups in total. The van der Waals surface area contributed by atoms with Gasteiger partial charge in [-0.15, -0.1) is 0 Å². The Morgan fingerprint density at radius 3 is 2.04 bits per heavy atom. The van der Waals surface area contributed by atoms with E-state index >= 15 is 0 Å². The van der Waals surface area contributed by atoms with E-state index in [2.05, 4.69) is 164 Å². The molecular weight excluding hydrogens is 621 g/mol. The first-order valence-electron chi connectivity index (χ1n) is 17.7. The maximum absolute atomic E-state index is 6.71. The summed E-state index contributed by atoms with van der Waals surface area (Å²) in [5.74, 6) is 3.59. The van der Waals surface area contributed by atoms with Crippen LogP contribution in [0.2, 0.25) is 0 Å². The number of ether oxygens (including phenoxy) is 2. The van der Waals surface area contributed by atoms with Crippen molar-refractivity contribution in [2.75, 3.05) is 4.90 Å². The Bertz CT molecular complexity index is 2750. The van der Waals surface area contributed by atoms with Crippen molar-refractivity contribution in [2.24, 2.45) is 0 Å². The summed E-state index contributed by atoms with van der Waals surface area (Å²) in [5.41, 5.74) is 11.9. The third kappa shape index (κ3) is 4.08. The fourth-order valence-electron chi connectivity index (χ4n) is 8.88. The summed E-state index contributed by atoms with van der Waals surface area (Å²) in [5, 5.41) is 4.90. The second-order valence-electron chi connectivity index (χ2n) is 14.5. The van der Waals surface area contributed by atoms with E-state index in [-0.39, 0.29) is 12.1 Å². The van der Waals surface area contributed by atoms with Crippen LogP contribution in [0.25, 0.3) is 32.7 Å². The molecule has 8 aromatic rings. The minimum absolute atomic E-state index is 0.0504. The van der Waals surface area contributed by atoms with Crippen molar-refractivity contribution >= 4 is 61.7 Å². The molecule has 2 heterocycles. The topological polar surface area (TPSA) is 21.7 Å². The highest BCUT2D eigenvalue weighted by Crippen LogP contribution is 2.52. The quantitative estimate of drug-likeness (QED) is 0.177. The lowest BCUT2D eigenvalue weighted by Crippen LogP contribution is -2.57. The van der Waals surface area contributed by atoms with Crippen LogP contribution in [0.3, 0.4) is 0 Å². The van der Waals surface area contributed by atoms with Gasteiger partial charge in [0.2, 0.25) is 0 Å². The Morgan fingerprint density at radius 2 is 1.16 bits per heavy atom. The summed E-state index contributed by atoms with van der Waals surface area (Å²) in [4.78, 5) is 2.39. The van der Waals surface area contributed by atoms with E-state index in [9.17, 15) is 0 Å². The van der Waals surface area contributed by atoms with Crippen LogP contribution in [0.4, 0.5) is 17.1 Å². The van der Waals surface area contributed by atoms with Crippen LogP contribution in [-0.4, -0.2) is 6.71 Å². The van der Waals surface area contributed by atoms with Gasteiger partial charge >= 0.3 is 0 Å². The molecule has 3 nitrogen and oxygen atoms in total. The lowest BCUT2D eigenvalue weighted by Gasteiger charge is -2.33. The molecule has 4 heteroatoms. The van der Waals surface area contributed by atoms with Gasteiger partial charge in [0.25, 0.3) is 6.71 Å². The normalized spacial score (nSPS) is 14.1. The van der Waals surface area contributed by atoms with Crippen molar-refractivity contribution in [1.82, 2.24) is 0 Å². The Labute approximate surface area is 297 Å². The third-order valence-electron chi connectivity index (χ3n) is 11.3. The maximum Gasteiger partial charge on any atom is 0.260 e. The second-order valence-corrected chi connectivity index (χ2v) is 14.5. The average Bonchev–Trinajstić information content (AvgIpc) is 3.37. The Kier molecular flexibility index (Phi) is 5.82. The molecule has 0 radical (unpaired) electrons. The van der Waals surface area contributed by atoms with Gasteiger partial charge in [-0.2, -0.15) is 0 Å². The van der Waals surface area contributed by atoms with Crippen molar-refractivity contribution in [3.63, 3.8) is 0 Å². The van der Waals surface area contributed by atoms with Gasteiger partial charge < -0.3 is 14.4 Å². The molecule has 3 aliphatic rings. The van der Waals surface area contributed by atoms with Crippen molar-refractivity contribution in [3.8, 4) is 34.1 Å². The molecule has 240 valence electrons. The molecule has 0 saturated heterocycles. The number of hydrogen-bond acceptors (Lipinski definition) is 3. The average molecular weight is 654 g/mol. The molecule has 0 spiro atoms. The Balaban J connectivity index is 1.07. The molecule has 1 aliphatic carbocycles. The summed E-state index contributed by atoms with van der Waals surface area (Å²) in [6, 6.07) is 56.9. The number of para-hydroxylation sites is 2. The Hall–Kier alpha value is -6.26. The zero-order chi connectivity index (χ0) is 33.8. The fourth-order valence-corrected chi connectivity index (χ4v) is 8.88. The van der Waals surface area contributed by atoms with Gasteiger partial charge in [-0.25, -0.2) is 0 Å². The zero-order valence-corrected chi connectivity index (χ0v) is 28.4. The summed E-state index contributed by atoms with van der Waals surface area (Å²) in [6.45, 7) is 4.79. The van der Waals surface area contributed by atoms with E-state index in [1.165, 1.54) is 54.7 Å². The first-order chi connectivity index (χ1) is 25.0. The fraction of sp³-hybridized carbons (Fsp3) is 0.0638. The summed E-state index contributed by atoms with van der Waals surface area (Å²) >= 11 is 0.